The number of aromatic nitrogens is 3. The molecule has 29 heavy (non-hydrogen) atoms. The number of hydrogen-bond donors (Lipinski definition) is 2. The van der Waals surface area contributed by atoms with E-state index in [9.17, 15) is 9.18 Å². The van der Waals surface area contributed by atoms with Crippen LogP contribution in [0.4, 0.5) is 10.2 Å². The first-order chi connectivity index (χ1) is 14.1. The molecule has 4 aromatic rings. The van der Waals surface area contributed by atoms with Gasteiger partial charge in [-0.25, -0.2) is 14.2 Å². The van der Waals surface area contributed by atoms with Crippen molar-refractivity contribution < 1.29 is 4.39 Å². The van der Waals surface area contributed by atoms with Gasteiger partial charge in [0.05, 0.1) is 17.6 Å². The Hall–Kier alpha value is -3.19. The lowest BCUT2D eigenvalue weighted by atomic mass is 10.1. The molecule has 1 aliphatic rings. The van der Waals surface area contributed by atoms with Gasteiger partial charge in [0.2, 0.25) is 0 Å². The Morgan fingerprint density at radius 2 is 1.72 bits per heavy atom. The summed E-state index contributed by atoms with van der Waals surface area (Å²) < 4.78 is 15.3. The van der Waals surface area contributed by atoms with Crippen molar-refractivity contribution in [3.8, 4) is 0 Å². The summed E-state index contributed by atoms with van der Waals surface area (Å²) in [5.41, 5.74) is 9.63. The third-order valence-corrected chi connectivity index (χ3v) is 5.66. The summed E-state index contributed by atoms with van der Waals surface area (Å²) in [5, 5.41) is 0.694. The molecule has 7 heteroatoms. The van der Waals surface area contributed by atoms with Crippen molar-refractivity contribution in [1.29, 1.82) is 0 Å². The number of benzene rings is 2. The Bertz CT molecular complexity index is 1250. The van der Waals surface area contributed by atoms with Gasteiger partial charge < -0.3 is 10.7 Å². The van der Waals surface area contributed by atoms with Gasteiger partial charge in [-0.15, -0.1) is 0 Å². The Kier molecular flexibility index (Phi) is 4.32. The minimum atomic E-state index is -0.387. The first kappa shape index (κ1) is 17.9. The second-order valence-corrected chi connectivity index (χ2v) is 7.70. The SMILES string of the molecule is Nc1nc2cc(F)ccc2c2c1[nH]c(=O)n2Cc1ccc(CN2CCCC2)cc1. The first-order valence-electron chi connectivity index (χ1n) is 9.86. The summed E-state index contributed by atoms with van der Waals surface area (Å²) in [4.78, 5) is 22.1. The standard InChI is InChI=1S/C22H22FN5O/c23-16-7-8-17-18(11-16)25-21(24)19-20(17)28(22(29)26-19)13-15-5-3-14(4-6-15)12-27-9-1-2-10-27/h3-8,11H,1-2,9-10,12-13H2,(H2,24,25)(H,26,29). The smallest absolute Gasteiger partial charge is 0.326 e. The highest BCUT2D eigenvalue weighted by atomic mass is 19.1. The van der Waals surface area contributed by atoms with E-state index >= 15 is 0 Å². The zero-order chi connectivity index (χ0) is 20.0. The number of nitrogens with one attached hydrogen (secondary N) is 1. The van der Waals surface area contributed by atoms with E-state index in [1.54, 1.807) is 10.6 Å². The molecular formula is C22H22FN5O. The number of nitrogens with zero attached hydrogens (tertiary/aromatic N) is 3. The third kappa shape index (κ3) is 3.27. The summed E-state index contributed by atoms with van der Waals surface area (Å²) in [6.45, 7) is 3.69. The van der Waals surface area contributed by atoms with Gasteiger partial charge in [-0.3, -0.25) is 9.47 Å². The number of hydrogen-bond acceptors (Lipinski definition) is 4. The topological polar surface area (TPSA) is 79.9 Å². The van der Waals surface area contributed by atoms with Crippen molar-refractivity contribution in [1.82, 2.24) is 19.4 Å². The number of nitrogen functional groups attached to an aromatic ring is 1. The first-order valence-corrected chi connectivity index (χ1v) is 9.86. The predicted octanol–water partition coefficient (Wildman–Crippen LogP) is 3.24. The number of H-pyrrole nitrogens is 1. The molecule has 1 aliphatic heterocycles. The quantitative estimate of drug-likeness (QED) is 0.560. The number of nitrogens with two attached hydrogens (primary N) is 1. The molecule has 5 rings (SSSR count). The molecule has 3 N–H and O–H groups in total. The maximum atomic E-state index is 13.6. The number of likely N-dealkylation sites (tertiary alicyclic amines) is 1. The lowest BCUT2D eigenvalue weighted by Gasteiger charge is -2.14. The van der Waals surface area contributed by atoms with Crippen LogP contribution in [0.5, 0.6) is 0 Å². The van der Waals surface area contributed by atoms with Gasteiger partial charge in [0.15, 0.2) is 0 Å². The van der Waals surface area contributed by atoms with Gasteiger partial charge in [-0.2, -0.15) is 0 Å². The van der Waals surface area contributed by atoms with Crippen molar-refractivity contribution in [2.24, 2.45) is 0 Å². The fourth-order valence-corrected chi connectivity index (χ4v) is 4.20. The highest BCUT2D eigenvalue weighted by molar-refractivity contribution is 6.06. The molecule has 0 radical (unpaired) electrons. The summed E-state index contributed by atoms with van der Waals surface area (Å²) >= 11 is 0. The molecule has 2 aromatic carbocycles. The number of pyridine rings is 1. The number of rotatable bonds is 4. The second kappa shape index (κ2) is 7.00. The normalized spacial score (nSPS) is 14.9. The highest BCUT2D eigenvalue weighted by Crippen LogP contribution is 2.27. The van der Waals surface area contributed by atoms with E-state index in [1.165, 1.54) is 30.5 Å². The largest absolute Gasteiger partial charge is 0.382 e. The van der Waals surface area contributed by atoms with Crippen molar-refractivity contribution in [3.63, 3.8) is 0 Å². The van der Waals surface area contributed by atoms with Gasteiger partial charge in [-0.05, 0) is 49.2 Å². The van der Waals surface area contributed by atoms with Crippen LogP contribution < -0.4 is 11.4 Å². The average molecular weight is 391 g/mol. The van der Waals surface area contributed by atoms with E-state index in [0.29, 0.717) is 28.5 Å². The lowest BCUT2D eigenvalue weighted by Crippen LogP contribution is -2.19. The van der Waals surface area contributed by atoms with Gasteiger partial charge in [0.25, 0.3) is 0 Å². The van der Waals surface area contributed by atoms with Crippen LogP contribution in [-0.2, 0) is 13.1 Å². The maximum Gasteiger partial charge on any atom is 0.326 e. The monoisotopic (exact) mass is 391 g/mol. The van der Waals surface area contributed by atoms with Crippen LogP contribution in [0.2, 0.25) is 0 Å². The van der Waals surface area contributed by atoms with Gasteiger partial charge in [0.1, 0.15) is 17.2 Å². The lowest BCUT2D eigenvalue weighted by molar-refractivity contribution is 0.331. The van der Waals surface area contributed by atoms with Crippen LogP contribution >= 0.6 is 0 Å². The molecule has 148 valence electrons. The van der Waals surface area contributed by atoms with E-state index < -0.39 is 0 Å². The maximum absolute atomic E-state index is 13.6. The number of anilines is 1. The van der Waals surface area contributed by atoms with Crippen molar-refractivity contribution in [3.05, 3.63) is 69.9 Å². The number of fused-ring (bicyclic) bond motifs is 3. The molecule has 0 bridgehead atoms. The zero-order valence-corrected chi connectivity index (χ0v) is 16.0. The van der Waals surface area contributed by atoms with Crippen molar-refractivity contribution >= 4 is 27.8 Å². The number of halogens is 1. The summed E-state index contributed by atoms with van der Waals surface area (Å²) in [6.07, 6.45) is 2.55. The number of aromatic amines is 1. The Labute approximate surface area is 166 Å². The summed E-state index contributed by atoms with van der Waals surface area (Å²) in [5.74, 6) is -0.198. The molecule has 1 saturated heterocycles. The Balaban J connectivity index is 1.52. The molecule has 2 aromatic heterocycles. The van der Waals surface area contributed by atoms with Crippen LogP contribution in [0.3, 0.4) is 0 Å². The molecule has 0 unspecified atom stereocenters. The molecule has 6 nitrogen and oxygen atoms in total. The van der Waals surface area contributed by atoms with Crippen molar-refractivity contribution in [2.75, 3.05) is 18.8 Å². The second-order valence-electron chi connectivity index (χ2n) is 7.70. The molecule has 0 spiro atoms. The van der Waals surface area contributed by atoms with Crippen LogP contribution in [0.1, 0.15) is 24.0 Å². The van der Waals surface area contributed by atoms with Crippen LogP contribution in [0.15, 0.2) is 47.3 Å². The molecule has 1 fully saturated rings. The van der Waals surface area contributed by atoms with E-state index in [2.05, 4.69) is 39.1 Å². The fraction of sp³-hybridized carbons (Fsp3) is 0.273. The fourth-order valence-electron chi connectivity index (χ4n) is 4.20. The van der Waals surface area contributed by atoms with Gasteiger partial charge in [-0.1, -0.05) is 24.3 Å². The van der Waals surface area contributed by atoms with E-state index in [4.69, 9.17) is 5.73 Å². The van der Waals surface area contributed by atoms with E-state index in [0.717, 1.165) is 25.2 Å². The molecule has 0 saturated carbocycles. The minimum absolute atomic E-state index is 0.190. The van der Waals surface area contributed by atoms with Crippen LogP contribution in [0, 0.1) is 5.82 Å². The minimum Gasteiger partial charge on any atom is -0.382 e. The van der Waals surface area contributed by atoms with E-state index in [-0.39, 0.29) is 17.3 Å². The van der Waals surface area contributed by atoms with E-state index in [1.807, 2.05) is 0 Å². The average Bonchev–Trinajstić information content (AvgIpc) is 3.32. The highest BCUT2D eigenvalue weighted by Gasteiger charge is 2.16. The Morgan fingerprint density at radius 3 is 2.45 bits per heavy atom. The summed E-state index contributed by atoms with van der Waals surface area (Å²) in [7, 11) is 0. The van der Waals surface area contributed by atoms with Crippen LogP contribution in [0.25, 0.3) is 21.9 Å². The number of imidazole rings is 1. The molecule has 0 aliphatic carbocycles. The molecular weight excluding hydrogens is 369 g/mol. The Morgan fingerprint density at radius 1 is 1.03 bits per heavy atom. The molecule has 0 atom stereocenters. The molecule has 0 amide bonds. The van der Waals surface area contributed by atoms with Gasteiger partial charge in [0, 0.05) is 18.0 Å². The van der Waals surface area contributed by atoms with Gasteiger partial charge >= 0.3 is 5.69 Å². The molecule has 3 heterocycles. The van der Waals surface area contributed by atoms with Crippen LogP contribution in [-0.4, -0.2) is 32.5 Å². The zero-order valence-electron chi connectivity index (χ0n) is 16.0. The third-order valence-electron chi connectivity index (χ3n) is 5.66. The van der Waals surface area contributed by atoms with Crippen molar-refractivity contribution in [2.45, 2.75) is 25.9 Å². The predicted molar refractivity (Wildman–Crippen MR) is 112 cm³/mol. The summed E-state index contributed by atoms with van der Waals surface area (Å²) in [6, 6.07) is 12.7.